The lowest BCUT2D eigenvalue weighted by molar-refractivity contribution is -0.167. The fourth-order valence-electron chi connectivity index (χ4n) is 8.97. The van der Waals surface area contributed by atoms with Crippen LogP contribution in [0, 0.1) is 0 Å². The van der Waals surface area contributed by atoms with E-state index in [9.17, 15) is 14.4 Å². The van der Waals surface area contributed by atoms with E-state index in [2.05, 4.69) is 179 Å². The Bertz CT molecular complexity index is 1840. The molecule has 0 radical (unpaired) electrons. The molecule has 1 atom stereocenters. The second-order valence-corrected chi connectivity index (χ2v) is 22.0. The summed E-state index contributed by atoms with van der Waals surface area (Å²) < 4.78 is 17.0. The van der Waals surface area contributed by atoms with Gasteiger partial charge in [-0.1, -0.05) is 281 Å². The maximum atomic E-state index is 13.0. The fourth-order valence-corrected chi connectivity index (χ4v) is 8.97. The maximum absolute atomic E-state index is 13.0. The van der Waals surface area contributed by atoms with Crippen LogP contribution in [-0.4, -0.2) is 37.2 Å². The summed E-state index contributed by atoms with van der Waals surface area (Å²) >= 11 is 0. The molecule has 6 nitrogen and oxygen atoms in total. The van der Waals surface area contributed by atoms with Gasteiger partial charge in [0.1, 0.15) is 13.2 Å². The van der Waals surface area contributed by atoms with Crippen molar-refractivity contribution in [1.82, 2.24) is 0 Å². The molecular formula is C77H124O6. The molecular weight excluding hydrogens is 1020 g/mol. The average molecular weight is 1150 g/mol. The maximum Gasteiger partial charge on any atom is 0.306 e. The van der Waals surface area contributed by atoms with Crippen molar-refractivity contribution in [3.63, 3.8) is 0 Å². The Balaban J connectivity index is 4.50. The van der Waals surface area contributed by atoms with E-state index in [1.165, 1.54) is 89.9 Å². The Hall–Kier alpha value is -4.97. The van der Waals surface area contributed by atoms with Gasteiger partial charge >= 0.3 is 17.9 Å². The van der Waals surface area contributed by atoms with Gasteiger partial charge in [-0.3, -0.25) is 14.4 Å². The topological polar surface area (TPSA) is 78.9 Å². The fraction of sp³-hybridized carbons (Fsp3) is 0.623. The molecule has 6 heteroatoms. The number of unbranched alkanes of at least 4 members (excludes halogenated alkanes) is 23. The number of allylic oxidation sites excluding steroid dienone is 26. The third kappa shape index (κ3) is 67.7. The first-order valence-electron chi connectivity index (χ1n) is 34.0. The summed E-state index contributed by atoms with van der Waals surface area (Å²) in [6.45, 7) is 6.36. The minimum Gasteiger partial charge on any atom is -0.462 e. The van der Waals surface area contributed by atoms with Crippen molar-refractivity contribution in [2.24, 2.45) is 0 Å². The van der Waals surface area contributed by atoms with Crippen molar-refractivity contribution in [2.45, 2.75) is 297 Å². The van der Waals surface area contributed by atoms with Gasteiger partial charge in [-0.25, -0.2) is 0 Å². The van der Waals surface area contributed by atoms with Gasteiger partial charge in [-0.15, -0.1) is 0 Å². The van der Waals surface area contributed by atoms with Crippen LogP contribution in [-0.2, 0) is 28.6 Å². The van der Waals surface area contributed by atoms with E-state index in [0.717, 1.165) is 161 Å². The Labute approximate surface area is 511 Å². The lowest BCUT2D eigenvalue weighted by Crippen LogP contribution is -2.30. The predicted molar refractivity (Wildman–Crippen MR) is 362 cm³/mol. The normalized spacial score (nSPS) is 13.1. The molecule has 0 aliphatic heterocycles. The van der Waals surface area contributed by atoms with Crippen LogP contribution in [0.2, 0.25) is 0 Å². The van der Waals surface area contributed by atoms with Crippen molar-refractivity contribution >= 4 is 17.9 Å². The summed E-state index contributed by atoms with van der Waals surface area (Å²) in [7, 11) is 0. The highest BCUT2D eigenvalue weighted by atomic mass is 16.6. The molecule has 0 aromatic rings. The average Bonchev–Trinajstić information content (AvgIpc) is 3.49. The number of carbonyl (C=O) groups excluding carboxylic acids is 3. The number of hydrogen-bond donors (Lipinski definition) is 0. The molecule has 468 valence electrons. The molecule has 1 unspecified atom stereocenters. The Morgan fingerprint density at radius 2 is 0.470 bits per heavy atom. The molecule has 0 saturated carbocycles. The van der Waals surface area contributed by atoms with Crippen LogP contribution < -0.4 is 0 Å². The smallest absolute Gasteiger partial charge is 0.306 e. The number of ether oxygens (including phenoxy) is 3. The Morgan fingerprint density at radius 3 is 0.735 bits per heavy atom. The Morgan fingerprint density at radius 1 is 0.253 bits per heavy atom. The van der Waals surface area contributed by atoms with Gasteiger partial charge in [0, 0.05) is 19.3 Å². The van der Waals surface area contributed by atoms with Crippen molar-refractivity contribution in [3.8, 4) is 0 Å². The minimum atomic E-state index is -0.807. The first-order valence-corrected chi connectivity index (χ1v) is 34.0. The number of hydrogen-bond acceptors (Lipinski definition) is 6. The lowest BCUT2D eigenvalue weighted by atomic mass is 10.0. The molecule has 0 aliphatic rings. The number of carbonyl (C=O) groups is 3. The highest BCUT2D eigenvalue weighted by molar-refractivity contribution is 5.71. The van der Waals surface area contributed by atoms with Crippen molar-refractivity contribution in [1.29, 1.82) is 0 Å². The highest BCUT2D eigenvalue weighted by Crippen LogP contribution is 2.15. The molecule has 0 bridgehead atoms. The van der Waals surface area contributed by atoms with Gasteiger partial charge in [0.2, 0.25) is 0 Å². The largest absolute Gasteiger partial charge is 0.462 e. The molecule has 0 aliphatic carbocycles. The van der Waals surface area contributed by atoms with Crippen LogP contribution in [0.5, 0.6) is 0 Å². The SMILES string of the molecule is CC/C=C\C/C=C\C/C=C\C/C=C\C/C=C\C/C=C\CCCCCCC(=O)OCC(COC(=O)CCCCCCCC/C=C\C/C=C\C/C=C\CCCCC)OC(=O)CCCCCCCCCCCC/C=C\C/C=C\C/C=C\C/C=C\CC. The first kappa shape index (κ1) is 78.0. The van der Waals surface area contributed by atoms with E-state index < -0.39 is 6.10 Å². The van der Waals surface area contributed by atoms with E-state index in [1.54, 1.807) is 0 Å². The summed E-state index contributed by atoms with van der Waals surface area (Å²) in [4.78, 5) is 38.5. The standard InChI is InChI=1S/C77H124O6/c1-4-7-10-13-16-19-22-25-28-31-34-36-38-40-43-46-49-52-55-58-61-64-67-70-76(79)82-73-74(72-81-75(78)69-66-63-60-57-54-51-48-45-42-33-30-27-24-21-18-15-12-9-6-3)83-77(80)71-68-65-62-59-56-53-50-47-44-41-39-37-35-32-29-26-23-20-17-14-11-8-5-2/h7-8,10-11,16-21,25-30,34-37,40,42-43,45,49,52,74H,4-6,9,12-15,22-24,31-33,38-39,41,44,46-48,50-51,53-73H2,1-3H3/b10-7-,11-8-,19-16-,20-17-,21-18-,28-25-,29-26-,30-27-,36-34-,37-35-,43-40-,45-42-,52-49-. The zero-order valence-corrected chi connectivity index (χ0v) is 53.7. The van der Waals surface area contributed by atoms with Crippen LogP contribution in [0.4, 0.5) is 0 Å². The summed E-state index contributed by atoms with van der Waals surface area (Å²) in [6.07, 6.45) is 101. The van der Waals surface area contributed by atoms with Crippen molar-refractivity contribution in [2.75, 3.05) is 13.2 Å². The van der Waals surface area contributed by atoms with Gasteiger partial charge in [-0.2, -0.15) is 0 Å². The minimum absolute atomic E-state index is 0.101. The van der Waals surface area contributed by atoms with Gasteiger partial charge < -0.3 is 14.2 Å². The van der Waals surface area contributed by atoms with E-state index in [1.807, 2.05) is 0 Å². The highest BCUT2D eigenvalue weighted by Gasteiger charge is 2.19. The molecule has 0 rings (SSSR count). The molecule has 83 heavy (non-hydrogen) atoms. The molecule has 0 saturated heterocycles. The summed E-state index contributed by atoms with van der Waals surface area (Å²) in [5, 5.41) is 0. The van der Waals surface area contributed by atoms with Crippen molar-refractivity contribution < 1.29 is 28.6 Å². The molecule has 0 aromatic carbocycles. The van der Waals surface area contributed by atoms with Crippen LogP contribution in [0.25, 0.3) is 0 Å². The molecule has 0 spiro atoms. The van der Waals surface area contributed by atoms with E-state index in [-0.39, 0.29) is 31.1 Å². The second-order valence-electron chi connectivity index (χ2n) is 22.0. The molecule has 0 N–H and O–H groups in total. The van der Waals surface area contributed by atoms with Crippen LogP contribution >= 0.6 is 0 Å². The first-order chi connectivity index (χ1) is 41.0. The number of rotatable bonds is 60. The zero-order chi connectivity index (χ0) is 59.9. The summed E-state index contributed by atoms with van der Waals surface area (Å²) in [6, 6.07) is 0. The van der Waals surface area contributed by atoms with Crippen LogP contribution in [0.3, 0.4) is 0 Å². The predicted octanol–water partition coefficient (Wildman–Crippen LogP) is 23.7. The van der Waals surface area contributed by atoms with E-state index in [0.29, 0.717) is 19.3 Å². The van der Waals surface area contributed by atoms with Gasteiger partial charge in [0.25, 0.3) is 0 Å². The van der Waals surface area contributed by atoms with Gasteiger partial charge in [0.05, 0.1) is 0 Å². The quantitative estimate of drug-likeness (QED) is 0.0261. The summed E-state index contributed by atoms with van der Waals surface area (Å²) in [5.74, 6) is -0.940. The van der Waals surface area contributed by atoms with Crippen LogP contribution in [0.1, 0.15) is 290 Å². The number of esters is 3. The lowest BCUT2D eigenvalue weighted by Gasteiger charge is -2.18. The molecule has 0 fully saturated rings. The molecule has 0 amide bonds. The second kappa shape index (κ2) is 69.5. The van der Waals surface area contributed by atoms with Gasteiger partial charge in [-0.05, 0) is 148 Å². The third-order valence-corrected chi connectivity index (χ3v) is 14.0. The zero-order valence-electron chi connectivity index (χ0n) is 53.7. The Kier molecular flexibility index (Phi) is 65.4. The monoisotopic (exact) mass is 1140 g/mol. The molecule has 0 aromatic heterocycles. The third-order valence-electron chi connectivity index (χ3n) is 14.0. The van der Waals surface area contributed by atoms with Gasteiger partial charge in [0.15, 0.2) is 6.10 Å². The van der Waals surface area contributed by atoms with Crippen molar-refractivity contribution in [3.05, 3.63) is 158 Å². The van der Waals surface area contributed by atoms with E-state index in [4.69, 9.17) is 14.2 Å². The molecule has 0 heterocycles. The van der Waals surface area contributed by atoms with Crippen LogP contribution in [0.15, 0.2) is 158 Å². The summed E-state index contributed by atoms with van der Waals surface area (Å²) in [5.41, 5.74) is 0. The van der Waals surface area contributed by atoms with E-state index >= 15 is 0 Å².